The van der Waals surface area contributed by atoms with Gasteiger partial charge in [-0.3, -0.25) is 4.79 Å². The minimum Gasteiger partial charge on any atom is -0.475 e. The zero-order valence-electron chi connectivity index (χ0n) is 8.65. The quantitative estimate of drug-likeness (QED) is 0.357. The maximum Gasteiger partial charge on any atom is 0.379 e. The smallest absolute Gasteiger partial charge is 0.379 e. The number of carboxylic acid groups (broad SMARTS) is 1. The summed E-state index contributed by atoms with van der Waals surface area (Å²) < 4.78 is 4.40. The highest BCUT2D eigenvalue weighted by Crippen LogP contribution is 2.06. The van der Waals surface area contributed by atoms with E-state index in [0.29, 0.717) is 12.2 Å². The van der Waals surface area contributed by atoms with Crippen LogP contribution in [0.3, 0.4) is 0 Å². The van der Waals surface area contributed by atoms with Crippen molar-refractivity contribution in [3.05, 3.63) is 12.2 Å². The molecule has 0 amide bonds. The van der Waals surface area contributed by atoms with Crippen LogP contribution >= 0.6 is 0 Å². The van der Waals surface area contributed by atoms with Gasteiger partial charge in [-0.2, -0.15) is 0 Å². The molecule has 1 aliphatic rings. The van der Waals surface area contributed by atoms with Crippen molar-refractivity contribution in [2.45, 2.75) is 12.5 Å². The van der Waals surface area contributed by atoms with E-state index in [2.05, 4.69) is 14.5 Å². The molecule has 9 nitrogen and oxygen atoms in total. The van der Waals surface area contributed by atoms with E-state index >= 15 is 0 Å². The first-order valence-electron chi connectivity index (χ1n) is 4.47. The van der Waals surface area contributed by atoms with E-state index in [4.69, 9.17) is 5.11 Å². The molecule has 0 spiro atoms. The number of rotatable bonds is 2. The molecule has 9 heteroatoms. The van der Waals surface area contributed by atoms with Gasteiger partial charge in [0.05, 0.1) is 6.42 Å². The molecular formula is C9H6O9. The Morgan fingerprint density at radius 3 is 2.33 bits per heavy atom. The summed E-state index contributed by atoms with van der Waals surface area (Å²) in [6.07, 6.45) is -1.53. The molecule has 0 aromatic rings. The van der Waals surface area contributed by atoms with Gasteiger partial charge in [-0.25, -0.2) is 29.0 Å². The van der Waals surface area contributed by atoms with Gasteiger partial charge in [0.1, 0.15) is 0 Å². The highest BCUT2D eigenvalue weighted by molar-refractivity contribution is 6.35. The summed E-state index contributed by atoms with van der Waals surface area (Å²) in [7, 11) is 0. The normalized spacial score (nSPS) is 22.2. The number of carbonyl (C=O) groups is 5. The van der Waals surface area contributed by atoms with Crippen molar-refractivity contribution in [2.24, 2.45) is 0 Å². The van der Waals surface area contributed by atoms with Crippen LogP contribution in [-0.2, 0) is 38.5 Å². The largest absolute Gasteiger partial charge is 0.475 e. The number of cyclic esters (lactones) is 1. The first kappa shape index (κ1) is 13.4. The van der Waals surface area contributed by atoms with Crippen molar-refractivity contribution in [3.63, 3.8) is 0 Å². The van der Waals surface area contributed by atoms with Gasteiger partial charge in [0.15, 0.2) is 6.10 Å². The maximum absolute atomic E-state index is 11.1. The van der Waals surface area contributed by atoms with Crippen molar-refractivity contribution >= 4 is 29.7 Å². The van der Waals surface area contributed by atoms with Crippen LogP contribution < -0.4 is 0 Å². The Morgan fingerprint density at radius 1 is 1.11 bits per heavy atom. The van der Waals surface area contributed by atoms with E-state index in [9.17, 15) is 24.0 Å². The lowest BCUT2D eigenvalue weighted by Crippen LogP contribution is -2.35. The van der Waals surface area contributed by atoms with E-state index in [1.807, 2.05) is 0 Å². The fourth-order valence-corrected chi connectivity index (χ4v) is 0.942. The number of Topliss-reactive ketones (excluding diaryl/α,β-unsaturated/α-hetero) is 1. The summed E-state index contributed by atoms with van der Waals surface area (Å²) in [5.74, 6) is -6.91. The molecule has 1 unspecified atom stereocenters. The molecule has 1 heterocycles. The van der Waals surface area contributed by atoms with Gasteiger partial charge in [0.25, 0.3) is 5.78 Å². The second-order valence-electron chi connectivity index (χ2n) is 2.99. The van der Waals surface area contributed by atoms with Crippen LogP contribution in [0.4, 0.5) is 0 Å². The van der Waals surface area contributed by atoms with Crippen LogP contribution in [0.25, 0.3) is 0 Å². The predicted octanol–water partition coefficient (Wildman–Crippen LogP) is -1.49. The van der Waals surface area contributed by atoms with Crippen LogP contribution in [0, 0.1) is 0 Å². The topological polar surface area (TPSA) is 133 Å². The minimum absolute atomic E-state index is 0.587. The zero-order chi connectivity index (χ0) is 13.7. The fraction of sp³-hybridized carbons (Fsp3) is 0.222. The standard InChI is InChI=1S/C9H6O9/c10-5-1-2-6(11)17-18-7(12)3-4(16-5)8(13)9(14)15/h1-2,4H,3H2,(H,14,15)/b2-1-. The number of ether oxygens (including phenoxy) is 1. The van der Waals surface area contributed by atoms with Crippen molar-refractivity contribution in [1.82, 2.24) is 0 Å². The van der Waals surface area contributed by atoms with Crippen LogP contribution in [0.1, 0.15) is 6.42 Å². The van der Waals surface area contributed by atoms with Gasteiger partial charge in [0.2, 0.25) is 0 Å². The molecule has 0 radical (unpaired) electrons. The monoisotopic (exact) mass is 258 g/mol. The lowest BCUT2D eigenvalue weighted by molar-refractivity contribution is -0.256. The van der Waals surface area contributed by atoms with Crippen LogP contribution in [0.2, 0.25) is 0 Å². The van der Waals surface area contributed by atoms with Crippen LogP contribution in [0.15, 0.2) is 12.2 Å². The molecule has 0 saturated heterocycles. The molecule has 1 N–H and O–H groups in total. The molecule has 0 bridgehead atoms. The van der Waals surface area contributed by atoms with Crippen molar-refractivity contribution in [2.75, 3.05) is 0 Å². The van der Waals surface area contributed by atoms with Crippen molar-refractivity contribution in [3.8, 4) is 0 Å². The van der Waals surface area contributed by atoms with Crippen molar-refractivity contribution in [1.29, 1.82) is 0 Å². The number of hydrogen-bond acceptors (Lipinski definition) is 8. The van der Waals surface area contributed by atoms with Gasteiger partial charge in [-0.05, 0) is 0 Å². The molecule has 1 aliphatic heterocycles. The number of carbonyl (C=O) groups excluding carboxylic acids is 4. The second kappa shape index (κ2) is 5.57. The summed E-state index contributed by atoms with van der Waals surface area (Å²) >= 11 is 0. The second-order valence-corrected chi connectivity index (χ2v) is 2.99. The SMILES string of the molecule is O=C1/C=C\C(=O)OC(C(=O)C(=O)O)CC(=O)OO1. The summed E-state index contributed by atoms with van der Waals surface area (Å²) in [5.41, 5.74) is 0. The third kappa shape index (κ3) is 3.70. The third-order valence-corrected chi connectivity index (χ3v) is 1.69. The summed E-state index contributed by atoms with van der Waals surface area (Å²) in [5, 5.41) is 8.44. The van der Waals surface area contributed by atoms with E-state index in [-0.39, 0.29) is 0 Å². The van der Waals surface area contributed by atoms with E-state index < -0.39 is 42.2 Å². The van der Waals surface area contributed by atoms with Gasteiger partial charge in [-0.15, -0.1) is 0 Å². The molecule has 0 aliphatic carbocycles. The third-order valence-electron chi connectivity index (χ3n) is 1.69. The van der Waals surface area contributed by atoms with Gasteiger partial charge in [-0.1, -0.05) is 0 Å². The average molecular weight is 258 g/mol. The summed E-state index contributed by atoms with van der Waals surface area (Å²) in [6, 6.07) is 0. The molecule has 0 saturated carbocycles. The Kier molecular flexibility index (Phi) is 4.13. The van der Waals surface area contributed by atoms with Crippen LogP contribution in [-0.4, -0.2) is 40.9 Å². The lowest BCUT2D eigenvalue weighted by Gasteiger charge is -2.13. The Bertz CT molecular complexity index is 447. The predicted molar refractivity (Wildman–Crippen MR) is 48.5 cm³/mol. The first-order chi connectivity index (χ1) is 8.40. The highest BCUT2D eigenvalue weighted by atomic mass is 17.2. The Balaban J connectivity index is 2.91. The molecule has 96 valence electrons. The molecule has 0 aromatic heterocycles. The zero-order valence-corrected chi connectivity index (χ0v) is 8.65. The number of ketones is 1. The minimum atomic E-state index is -1.88. The first-order valence-corrected chi connectivity index (χ1v) is 4.47. The van der Waals surface area contributed by atoms with Crippen LogP contribution in [0.5, 0.6) is 0 Å². The summed E-state index contributed by atoms with van der Waals surface area (Å²) in [6.45, 7) is 0. The molecule has 18 heavy (non-hydrogen) atoms. The van der Waals surface area contributed by atoms with Gasteiger partial charge < -0.3 is 9.84 Å². The molecule has 1 atom stereocenters. The number of hydrogen-bond donors (Lipinski definition) is 1. The molecule has 1 rings (SSSR count). The molecule has 0 fully saturated rings. The van der Waals surface area contributed by atoms with E-state index in [1.54, 1.807) is 0 Å². The van der Waals surface area contributed by atoms with Crippen molar-refractivity contribution < 1.29 is 43.6 Å². The maximum atomic E-state index is 11.1. The summed E-state index contributed by atoms with van der Waals surface area (Å²) in [4.78, 5) is 62.3. The van der Waals surface area contributed by atoms with Gasteiger partial charge >= 0.3 is 23.9 Å². The van der Waals surface area contributed by atoms with E-state index in [0.717, 1.165) is 0 Å². The molecular weight excluding hydrogens is 252 g/mol. The highest BCUT2D eigenvalue weighted by Gasteiger charge is 2.32. The lowest BCUT2D eigenvalue weighted by atomic mass is 10.1. The Labute approximate surface area is 98.8 Å². The molecule has 0 aromatic carbocycles. The fourth-order valence-electron chi connectivity index (χ4n) is 0.942. The number of esters is 1. The Morgan fingerprint density at radius 2 is 1.72 bits per heavy atom. The number of carboxylic acids is 1. The number of aliphatic carboxylic acids is 1. The van der Waals surface area contributed by atoms with Gasteiger partial charge in [0, 0.05) is 12.2 Å². The van der Waals surface area contributed by atoms with E-state index in [1.165, 1.54) is 0 Å². The average Bonchev–Trinajstić information content (AvgIpc) is 2.31. The Hall–Kier alpha value is -2.71.